The van der Waals surface area contributed by atoms with Crippen LogP contribution in [-0.2, 0) is 33.5 Å². The Labute approximate surface area is 452 Å². The SMILES string of the molecule is CC(C)(C)C1=CC2=C(CC1)N(c1cc3c(cc1-c1c#cccc1)C(C)(C)CCC3(C)C)c1cc(C(C)(C)C)cc3c1B2c1sc2c(c1N3c1ccc3c(c1)C(C)(C)CCC3(C)C)CC1C(=C2)C(C)(C)CCC1(C)C. The summed E-state index contributed by atoms with van der Waals surface area (Å²) in [6, 6.07) is 31.8. The lowest BCUT2D eigenvalue weighted by Crippen LogP contribution is -2.55. The Balaban J connectivity index is 1.23. The van der Waals surface area contributed by atoms with Crippen LogP contribution in [0.4, 0.5) is 28.4 Å². The van der Waals surface area contributed by atoms with Crippen molar-refractivity contribution in [3.63, 3.8) is 0 Å². The standard InChI is InChI=1S/C70H85BN2S/c1-63(2,3)43-24-27-55-54(34-43)71-60-57(35-44(64(4,5)6)36-58(60)73(55)56-40-52-50(67(11,12)30-32-69(52,15)16)38-46(56)42-22-20-19-21-23-42)72(45-25-26-48-49(37-45)66(9,10)29-28-65(48,7)8)61-47-39-51-53(41-59(47)74-62(61)71)70(17,18)33-31-68(51,13)14/h19-20,22,25-26,34-38,40-41,51H,24,27-33,39H2,1-18H3. The number of rotatable bonds is 3. The second kappa shape index (κ2) is 15.9. The monoisotopic (exact) mass is 997 g/mol. The van der Waals surface area contributed by atoms with Crippen molar-refractivity contribution in [2.75, 3.05) is 9.80 Å². The van der Waals surface area contributed by atoms with E-state index >= 15 is 0 Å². The molecule has 0 amide bonds. The molecule has 12 rings (SSSR count). The van der Waals surface area contributed by atoms with Crippen LogP contribution in [0.5, 0.6) is 0 Å². The van der Waals surface area contributed by atoms with Crippen molar-refractivity contribution < 1.29 is 0 Å². The molecule has 0 N–H and O–H groups in total. The first-order valence-corrected chi connectivity index (χ1v) is 29.5. The van der Waals surface area contributed by atoms with Crippen LogP contribution in [0.3, 0.4) is 0 Å². The summed E-state index contributed by atoms with van der Waals surface area (Å²) < 4.78 is 1.54. The first-order chi connectivity index (χ1) is 34.4. The highest BCUT2D eigenvalue weighted by atomic mass is 32.1. The van der Waals surface area contributed by atoms with Gasteiger partial charge in [0.05, 0.1) is 11.4 Å². The van der Waals surface area contributed by atoms with E-state index in [0.29, 0.717) is 5.92 Å². The van der Waals surface area contributed by atoms with Gasteiger partial charge < -0.3 is 9.80 Å². The van der Waals surface area contributed by atoms with Gasteiger partial charge in [0.25, 0.3) is 6.71 Å². The van der Waals surface area contributed by atoms with Gasteiger partial charge >= 0.3 is 0 Å². The molecule has 0 saturated heterocycles. The fraction of sp³-hybridized carbons (Fsp3) is 0.514. The number of anilines is 5. The Hall–Kier alpha value is -4.72. The van der Waals surface area contributed by atoms with Crippen molar-refractivity contribution in [2.24, 2.45) is 22.2 Å². The number of fused-ring (bicyclic) bond motifs is 8. The van der Waals surface area contributed by atoms with E-state index in [1.54, 1.807) is 16.7 Å². The predicted octanol–water partition coefficient (Wildman–Crippen LogP) is 18.5. The molecule has 5 aliphatic carbocycles. The summed E-state index contributed by atoms with van der Waals surface area (Å²) in [7, 11) is 0. The summed E-state index contributed by atoms with van der Waals surface area (Å²) in [6.45, 7) is 44.9. The zero-order valence-electron chi connectivity index (χ0n) is 48.7. The predicted molar refractivity (Wildman–Crippen MR) is 321 cm³/mol. The summed E-state index contributed by atoms with van der Waals surface area (Å²) in [5.74, 6) is 0.503. The lowest BCUT2D eigenvalue weighted by Gasteiger charge is -2.50. The van der Waals surface area contributed by atoms with Crippen LogP contribution in [0.25, 0.3) is 17.2 Å². The molecule has 74 heavy (non-hydrogen) atoms. The molecule has 0 radical (unpaired) electrons. The molecule has 3 heterocycles. The van der Waals surface area contributed by atoms with E-state index in [2.05, 4.69) is 225 Å². The second-order valence-electron chi connectivity index (χ2n) is 30.4. The van der Waals surface area contributed by atoms with Crippen molar-refractivity contribution in [1.82, 2.24) is 0 Å². The summed E-state index contributed by atoms with van der Waals surface area (Å²) in [6.07, 6.45) is 15.8. The number of thiophene rings is 1. The van der Waals surface area contributed by atoms with Gasteiger partial charge in [-0.25, -0.2) is 0 Å². The first-order valence-electron chi connectivity index (χ1n) is 28.7. The summed E-state index contributed by atoms with van der Waals surface area (Å²) in [5.41, 5.74) is 26.5. The van der Waals surface area contributed by atoms with Crippen LogP contribution in [-0.4, -0.2) is 6.71 Å². The summed E-state index contributed by atoms with van der Waals surface area (Å²) >= 11 is 2.14. The number of allylic oxidation sites excluding steroid dienone is 5. The minimum absolute atomic E-state index is 0.0318. The van der Waals surface area contributed by atoms with E-state index in [0.717, 1.165) is 24.8 Å². The van der Waals surface area contributed by atoms with Gasteiger partial charge in [-0.15, -0.1) is 11.3 Å². The Bertz CT molecular complexity index is 3290. The molecule has 7 aliphatic rings. The van der Waals surface area contributed by atoms with Crippen molar-refractivity contribution in [3.05, 3.63) is 139 Å². The molecule has 5 aromatic rings. The molecular formula is C70H85BN2S. The highest BCUT2D eigenvalue weighted by molar-refractivity contribution is 7.28. The van der Waals surface area contributed by atoms with Gasteiger partial charge in [-0.2, -0.15) is 0 Å². The van der Waals surface area contributed by atoms with Crippen LogP contribution in [0.15, 0.2) is 89.1 Å². The van der Waals surface area contributed by atoms with Crippen LogP contribution in [0.1, 0.15) is 214 Å². The Kier molecular flexibility index (Phi) is 10.8. The smallest absolute Gasteiger partial charge is 0.264 e. The van der Waals surface area contributed by atoms with Gasteiger partial charge in [-0.3, -0.25) is 0 Å². The first kappa shape index (κ1) is 50.1. The van der Waals surface area contributed by atoms with E-state index < -0.39 is 0 Å². The third kappa shape index (κ3) is 7.52. The quantitative estimate of drug-likeness (QED) is 0.166. The van der Waals surface area contributed by atoms with Crippen LogP contribution < -0.4 is 20.0 Å². The summed E-state index contributed by atoms with van der Waals surface area (Å²) in [4.78, 5) is 7.16. The van der Waals surface area contributed by atoms with E-state index in [9.17, 15) is 0 Å². The van der Waals surface area contributed by atoms with Crippen molar-refractivity contribution in [2.45, 2.75) is 209 Å². The molecule has 1 fully saturated rings. The number of benzene rings is 3. The maximum absolute atomic E-state index is 3.67. The number of nitrogens with zero attached hydrogens (tertiary/aromatic N) is 2. The van der Waals surface area contributed by atoms with Crippen LogP contribution >= 0.6 is 11.3 Å². The average Bonchev–Trinajstić information content (AvgIpc) is 3.70. The molecule has 0 spiro atoms. The van der Waals surface area contributed by atoms with Gasteiger partial charge in [0.15, 0.2) is 0 Å². The second-order valence-corrected chi connectivity index (χ2v) is 31.5. The topological polar surface area (TPSA) is 6.48 Å². The minimum Gasteiger partial charge on any atom is -0.314 e. The maximum atomic E-state index is 3.67. The number of hydrogen-bond donors (Lipinski definition) is 0. The zero-order valence-corrected chi connectivity index (χ0v) is 49.6. The Morgan fingerprint density at radius 3 is 1.84 bits per heavy atom. The molecular weight excluding hydrogens is 912 g/mol. The molecule has 1 atom stereocenters. The van der Waals surface area contributed by atoms with Crippen LogP contribution in [0, 0.1) is 34.3 Å². The molecule has 2 aliphatic heterocycles. The Morgan fingerprint density at radius 1 is 0.608 bits per heavy atom. The third-order valence-corrected chi connectivity index (χ3v) is 21.8. The fourth-order valence-corrected chi connectivity index (χ4v) is 16.5. The molecule has 4 aromatic carbocycles. The minimum atomic E-state index is -0.114. The molecule has 0 bridgehead atoms. The van der Waals surface area contributed by atoms with E-state index in [4.69, 9.17) is 0 Å². The molecule has 1 saturated carbocycles. The zero-order chi connectivity index (χ0) is 52.8. The average molecular weight is 997 g/mol. The Morgan fingerprint density at radius 2 is 1.22 bits per heavy atom. The van der Waals surface area contributed by atoms with Gasteiger partial charge in [-0.05, 0) is 206 Å². The van der Waals surface area contributed by atoms with Crippen molar-refractivity contribution in [1.29, 1.82) is 0 Å². The van der Waals surface area contributed by atoms with Gasteiger partial charge in [-0.1, -0.05) is 166 Å². The van der Waals surface area contributed by atoms with E-state index in [1.165, 1.54) is 127 Å². The van der Waals surface area contributed by atoms with Crippen molar-refractivity contribution in [3.8, 4) is 11.1 Å². The molecule has 1 aromatic heterocycles. The molecule has 1 unspecified atom stereocenters. The molecule has 2 nitrogen and oxygen atoms in total. The highest BCUT2D eigenvalue weighted by Crippen LogP contribution is 2.61. The largest absolute Gasteiger partial charge is 0.314 e. The van der Waals surface area contributed by atoms with Gasteiger partial charge in [0, 0.05) is 43.5 Å². The normalized spacial score (nSPS) is 23.2. The fourth-order valence-electron chi connectivity index (χ4n) is 15.1. The maximum Gasteiger partial charge on any atom is 0.264 e. The van der Waals surface area contributed by atoms with E-state index in [-0.39, 0.29) is 50.0 Å². The molecule has 4 heteroatoms. The highest BCUT2D eigenvalue weighted by Gasteiger charge is 2.52. The lowest BCUT2D eigenvalue weighted by molar-refractivity contribution is 0.123. The van der Waals surface area contributed by atoms with Gasteiger partial charge in [0.2, 0.25) is 0 Å². The van der Waals surface area contributed by atoms with E-state index in [1.807, 2.05) is 6.07 Å². The molecule has 384 valence electrons. The third-order valence-electron chi connectivity index (χ3n) is 20.6. The summed E-state index contributed by atoms with van der Waals surface area (Å²) in [5, 5.41) is 0. The van der Waals surface area contributed by atoms with Gasteiger partial charge in [0.1, 0.15) is 0 Å². The number of hydrogen-bond acceptors (Lipinski definition) is 3. The lowest BCUT2D eigenvalue weighted by atomic mass is 9.34. The van der Waals surface area contributed by atoms with Crippen molar-refractivity contribution >= 4 is 62.8 Å². The van der Waals surface area contributed by atoms with Crippen LogP contribution in [0.2, 0.25) is 0 Å².